The molecule has 0 bridgehead atoms. The van der Waals surface area contributed by atoms with Gasteiger partial charge in [0.2, 0.25) is 11.8 Å². The molecule has 23 heavy (non-hydrogen) atoms. The van der Waals surface area contributed by atoms with E-state index in [-0.39, 0.29) is 24.2 Å². The van der Waals surface area contributed by atoms with Gasteiger partial charge >= 0.3 is 0 Å². The molecule has 0 aliphatic rings. The van der Waals surface area contributed by atoms with Gasteiger partial charge in [0.1, 0.15) is 4.01 Å². The van der Waals surface area contributed by atoms with E-state index in [4.69, 9.17) is 0 Å². The molecule has 0 fully saturated rings. The molecule has 2 N–H and O–H groups in total. The van der Waals surface area contributed by atoms with Crippen LogP contribution in [0.1, 0.15) is 19.5 Å². The number of amides is 2. The number of hydrogen-bond donors (Lipinski definition) is 2. The predicted octanol–water partition coefficient (Wildman–Crippen LogP) is 3.59. The van der Waals surface area contributed by atoms with Crippen LogP contribution in [0, 0.1) is 5.92 Å². The molecule has 6 nitrogen and oxygen atoms in total. The zero-order valence-corrected chi connectivity index (χ0v) is 14.9. The average Bonchev–Trinajstić information content (AvgIpc) is 3.15. The van der Waals surface area contributed by atoms with Crippen molar-refractivity contribution >= 4 is 65.6 Å². The largest absolute Gasteiger partial charge is 0.302 e. The number of nitrogens with zero attached hydrogens (tertiary/aromatic N) is 2. The summed E-state index contributed by atoms with van der Waals surface area (Å²) in [5.74, 6) is -0.360. The Labute approximate surface area is 144 Å². The Hall–Kier alpha value is -1.84. The van der Waals surface area contributed by atoms with Crippen LogP contribution in [-0.4, -0.2) is 21.8 Å². The molecule has 0 atom stereocenters. The van der Waals surface area contributed by atoms with Crippen LogP contribution in [0.2, 0.25) is 0 Å². The lowest BCUT2D eigenvalue weighted by atomic mass is 10.2. The zero-order valence-electron chi connectivity index (χ0n) is 12.5. The molecule has 0 spiro atoms. The van der Waals surface area contributed by atoms with Gasteiger partial charge in [-0.3, -0.25) is 9.59 Å². The summed E-state index contributed by atoms with van der Waals surface area (Å²) >= 11 is 4.38. The third kappa shape index (κ3) is 3.92. The molecular weight excluding hydrogens is 352 g/mol. The van der Waals surface area contributed by atoms with Crippen LogP contribution in [0.25, 0.3) is 9.53 Å². The summed E-state index contributed by atoms with van der Waals surface area (Å²) in [5.41, 5.74) is 1.53. The second kappa shape index (κ2) is 6.73. The molecule has 0 saturated heterocycles. The number of rotatable bonds is 5. The zero-order chi connectivity index (χ0) is 16.4. The van der Waals surface area contributed by atoms with Crippen LogP contribution in [0.4, 0.5) is 10.3 Å². The maximum atomic E-state index is 12.1. The van der Waals surface area contributed by atoms with Gasteiger partial charge in [-0.25, -0.2) is 9.97 Å². The Morgan fingerprint density at radius 2 is 2.00 bits per heavy atom. The van der Waals surface area contributed by atoms with Crippen LogP contribution in [0.15, 0.2) is 16.8 Å². The molecule has 0 unspecified atom stereocenters. The van der Waals surface area contributed by atoms with Crippen LogP contribution in [-0.2, 0) is 16.0 Å². The van der Waals surface area contributed by atoms with E-state index in [9.17, 15) is 9.59 Å². The van der Waals surface area contributed by atoms with Crippen LogP contribution in [0.5, 0.6) is 0 Å². The van der Waals surface area contributed by atoms with Crippen molar-refractivity contribution in [3.05, 3.63) is 22.5 Å². The fourth-order valence-electron chi connectivity index (χ4n) is 1.74. The minimum absolute atomic E-state index is 0.0850. The van der Waals surface area contributed by atoms with Crippen molar-refractivity contribution < 1.29 is 9.59 Å². The van der Waals surface area contributed by atoms with Crippen molar-refractivity contribution in [1.29, 1.82) is 0 Å². The highest BCUT2D eigenvalue weighted by Crippen LogP contribution is 2.30. The monoisotopic (exact) mass is 366 g/mol. The smallest absolute Gasteiger partial charge is 0.232 e. The van der Waals surface area contributed by atoms with E-state index in [0.717, 1.165) is 9.53 Å². The van der Waals surface area contributed by atoms with Crippen molar-refractivity contribution in [2.45, 2.75) is 20.3 Å². The van der Waals surface area contributed by atoms with E-state index in [1.807, 2.05) is 25.3 Å². The first-order valence-electron chi connectivity index (χ1n) is 6.90. The van der Waals surface area contributed by atoms with Gasteiger partial charge in [-0.05, 0) is 11.4 Å². The van der Waals surface area contributed by atoms with Gasteiger partial charge in [-0.1, -0.05) is 25.2 Å². The molecule has 3 aromatic rings. The number of thiazole rings is 2. The van der Waals surface area contributed by atoms with Crippen molar-refractivity contribution in [2.75, 3.05) is 10.6 Å². The lowest BCUT2D eigenvalue weighted by Crippen LogP contribution is -2.18. The summed E-state index contributed by atoms with van der Waals surface area (Å²) in [6, 6.07) is 1.93. The van der Waals surface area contributed by atoms with Gasteiger partial charge in [0, 0.05) is 11.3 Å². The fraction of sp³-hybridized carbons (Fsp3) is 0.286. The molecule has 0 aliphatic carbocycles. The molecule has 9 heteroatoms. The number of carbonyl (C=O) groups excluding carboxylic acids is 2. The Bertz CT molecular complexity index is 821. The van der Waals surface area contributed by atoms with E-state index in [0.29, 0.717) is 16.0 Å². The third-order valence-electron chi connectivity index (χ3n) is 2.92. The quantitative estimate of drug-likeness (QED) is 0.723. The second-order valence-corrected chi connectivity index (χ2v) is 8.16. The summed E-state index contributed by atoms with van der Waals surface area (Å²) in [4.78, 5) is 32.3. The molecule has 0 aromatic carbocycles. The van der Waals surface area contributed by atoms with Crippen LogP contribution in [0.3, 0.4) is 0 Å². The number of carbonyl (C=O) groups is 2. The van der Waals surface area contributed by atoms with E-state index < -0.39 is 0 Å². The third-order valence-corrected chi connectivity index (χ3v) is 5.74. The first kappa shape index (κ1) is 16.0. The normalized spacial score (nSPS) is 11.1. The first-order chi connectivity index (χ1) is 11.0. The lowest BCUT2D eigenvalue weighted by molar-refractivity contribution is -0.119. The number of anilines is 2. The van der Waals surface area contributed by atoms with Crippen LogP contribution >= 0.6 is 34.0 Å². The van der Waals surface area contributed by atoms with Gasteiger partial charge < -0.3 is 10.6 Å². The summed E-state index contributed by atoms with van der Waals surface area (Å²) in [6.45, 7) is 3.63. The maximum absolute atomic E-state index is 12.1. The first-order valence-corrected chi connectivity index (χ1v) is 9.48. The molecule has 120 valence electrons. The van der Waals surface area contributed by atoms with Crippen molar-refractivity contribution in [1.82, 2.24) is 9.97 Å². The molecule has 3 aromatic heterocycles. The van der Waals surface area contributed by atoms with E-state index in [1.54, 1.807) is 16.7 Å². The topological polar surface area (TPSA) is 84.0 Å². The predicted molar refractivity (Wildman–Crippen MR) is 95.4 cm³/mol. The molecular formula is C14H14N4O2S3. The minimum atomic E-state index is -0.168. The Balaban J connectivity index is 1.58. The standard InChI is InChI=1S/C14H14N4O2S3/c1-7(2)11(20)18-13-15-8(6-22-13)5-10(19)17-14-16-9-3-4-21-12(9)23-14/h3-4,6-7H,5H2,1-2H3,(H,15,18,20)(H,16,17,19). The highest BCUT2D eigenvalue weighted by molar-refractivity contribution is 7.39. The van der Waals surface area contributed by atoms with E-state index in [2.05, 4.69) is 20.6 Å². The molecule has 3 heterocycles. The van der Waals surface area contributed by atoms with Gasteiger partial charge in [0.25, 0.3) is 0 Å². The number of nitrogens with one attached hydrogen (secondary N) is 2. The molecule has 0 saturated carbocycles. The van der Waals surface area contributed by atoms with Gasteiger partial charge in [-0.15, -0.1) is 22.7 Å². The van der Waals surface area contributed by atoms with Crippen molar-refractivity contribution in [3.8, 4) is 0 Å². The molecule has 0 aliphatic heterocycles. The van der Waals surface area contributed by atoms with Crippen molar-refractivity contribution in [2.24, 2.45) is 5.92 Å². The fourth-order valence-corrected chi connectivity index (χ4v) is 4.31. The molecule has 2 amide bonds. The summed E-state index contributed by atoms with van der Waals surface area (Å²) in [6.07, 6.45) is 0.154. The Kier molecular flexibility index (Phi) is 4.69. The van der Waals surface area contributed by atoms with Gasteiger partial charge in [-0.2, -0.15) is 0 Å². The lowest BCUT2D eigenvalue weighted by Gasteiger charge is -2.03. The number of thiophene rings is 1. The van der Waals surface area contributed by atoms with Gasteiger partial charge in [0.05, 0.1) is 17.6 Å². The summed E-state index contributed by atoms with van der Waals surface area (Å²) < 4.78 is 1.09. The van der Waals surface area contributed by atoms with E-state index in [1.165, 1.54) is 22.7 Å². The highest BCUT2D eigenvalue weighted by atomic mass is 32.2. The summed E-state index contributed by atoms with van der Waals surface area (Å²) in [7, 11) is 0. The molecule has 0 radical (unpaired) electrons. The Morgan fingerprint density at radius 3 is 2.74 bits per heavy atom. The SMILES string of the molecule is CC(C)C(=O)Nc1nc(CC(=O)Nc2nc3ccsc3s2)cs1. The average molecular weight is 366 g/mol. The number of hydrogen-bond acceptors (Lipinski definition) is 7. The number of fused-ring (bicyclic) bond motifs is 1. The Morgan fingerprint density at radius 1 is 1.17 bits per heavy atom. The van der Waals surface area contributed by atoms with Crippen LogP contribution < -0.4 is 10.6 Å². The number of aromatic nitrogens is 2. The van der Waals surface area contributed by atoms with Gasteiger partial charge in [0.15, 0.2) is 10.3 Å². The summed E-state index contributed by atoms with van der Waals surface area (Å²) in [5, 5.41) is 10.4. The second-order valence-electron chi connectivity index (χ2n) is 5.13. The molecule has 3 rings (SSSR count). The van der Waals surface area contributed by atoms with Crippen molar-refractivity contribution in [3.63, 3.8) is 0 Å². The maximum Gasteiger partial charge on any atom is 0.232 e. The van der Waals surface area contributed by atoms with E-state index >= 15 is 0 Å². The highest BCUT2D eigenvalue weighted by Gasteiger charge is 2.13. The minimum Gasteiger partial charge on any atom is -0.302 e.